The van der Waals surface area contributed by atoms with Crippen molar-refractivity contribution in [2.24, 2.45) is 0 Å². The predicted octanol–water partition coefficient (Wildman–Crippen LogP) is 0.882. The van der Waals surface area contributed by atoms with Crippen LogP contribution in [0.3, 0.4) is 0 Å². The number of nitrogens with two attached hydrogens (primary N) is 1. The third-order valence-electron chi connectivity index (χ3n) is 3.49. The standard InChI is InChI=1S/C13H19N7/c1-19-6-8-20(9-7-19)11-4-2-10(3-5-11)15-13-16-12(14)17-18-13/h2-5H,6-9H2,1H3,(H4,14,15,16,17,18). The Morgan fingerprint density at radius 3 is 2.45 bits per heavy atom. The summed E-state index contributed by atoms with van der Waals surface area (Å²) >= 11 is 0. The van der Waals surface area contributed by atoms with Gasteiger partial charge >= 0.3 is 0 Å². The van der Waals surface area contributed by atoms with Crippen molar-refractivity contribution in [1.82, 2.24) is 20.1 Å². The number of hydrogen-bond donors (Lipinski definition) is 3. The second-order valence-corrected chi connectivity index (χ2v) is 5.01. The normalized spacial score (nSPS) is 16.4. The Bertz CT molecular complexity index is 554. The number of benzene rings is 1. The lowest BCUT2D eigenvalue weighted by Gasteiger charge is -2.34. The number of piperazine rings is 1. The molecule has 106 valence electrons. The number of nitrogen functional groups attached to an aromatic ring is 1. The van der Waals surface area contributed by atoms with Crippen molar-refractivity contribution < 1.29 is 0 Å². The molecular formula is C13H19N7. The Hall–Kier alpha value is -2.28. The summed E-state index contributed by atoms with van der Waals surface area (Å²) in [6.45, 7) is 4.36. The molecule has 0 saturated carbocycles. The minimum Gasteiger partial charge on any atom is -0.369 e. The lowest BCUT2D eigenvalue weighted by Crippen LogP contribution is -2.44. The Labute approximate surface area is 117 Å². The lowest BCUT2D eigenvalue weighted by atomic mass is 10.2. The van der Waals surface area contributed by atoms with Gasteiger partial charge in [0.05, 0.1) is 0 Å². The van der Waals surface area contributed by atoms with E-state index < -0.39 is 0 Å². The Morgan fingerprint density at radius 1 is 1.15 bits per heavy atom. The van der Waals surface area contributed by atoms with Gasteiger partial charge in [0, 0.05) is 37.6 Å². The maximum atomic E-state index is 5.49. The summed E-state index contributed by atoms with van der Waals surface area (Å²) in [5, 5.41) is 9.64. The van der Waals surface area contributed by atoms with Gasteiger partial charge in [0.1, 0.15) is 0 Å². The van der Waals surface area contributed by atoms with Crippen LogP contribution < -0.4 is 16.0 Å². The first-order valence-electron chi connectivity index (χ1n) is 6.69. The topological polar surface area (TPSA) is 86.1 Å². The summed E-state index contributed by atoms with van der Waals surface area (Å²) in [6.07, 6.45) is 0. The molecule has 2 aromatic rings. The second kappa shape index (κ2) is 5.38. The second-order valence-electron chi connectivity index (χ2n) is 5.01. The maximum absolute atomic E-state index is 5.49. The average Bonchev–Trinajstić information content (AvgIpc) is 2.86. The number of hydrogen-bond acceptors (Lipinski definition) is 6. The van der Waals surface area contributed by atoms with Crippen LogP contribution in [0.4, 0.5) is 23.3 Å². The van der Waals surface area contributed by atoms with E-state index in [0.717, 1.165) is 31.9 Å². The highest BCUT2D eigenvalue weighted by atomic mass is 15.3. The van der Waals surface area contributed by atoms with Crippen LogP contribution in [-0.4, -0.2) is 53.3 Å². The summed E-state index contributed by atoms with van der Waals surface area (Å²) in [5.41, 5.74) is 7.68. The number of rotatable bonds is 3. The SMILES string of the molecule is CN1CCN(c2ccc(Nc3n[nH]c(N)n3)cc2)CC1. The molecule has 1 aliphatic heterocycles. The molecule has 0 radical (unpaired) electrons. The average molecular weight is 273 g/mol. The number of nitrogens with zero attached hydrogens (tertiary/aromatic N) is 4. The Kier molecular flexibility index (Phi) is 3.42. The van der Waals surface area contributed by atoms with E-state index in [4.69, 9.17) is 5.73 Å². The van der Waals surface area contributed by atoms with Crippen LogP contribution in [0.1, 0.15) is 0 Å². The number of anilines is 4. The van der Waals surface area contributed by atoms with Crippen molar-refractivity contribution in [3.05, 3.63) is 24.3 Å². The zero-order valence-corrected chi connectivity index (χ0v) is 11.5. The summed E-state index contributed by atoms with van der Waals surface area (Å²) in [7, 11) is 2.16. The highest BCUT2D eigenvalue weighted by Gasteiger charge is 2.13. The third kappa shape index (κ3) is 2.83. The van der Waals surface area contributed by atoms with Crippen molar-refractivity contribution in [2.75, 3.05) is 49.2 Å². The van der Waals surface area contributed by atoms with Crippen LogP contribution in [-0.2, 0) is 0 Å². The molecule has 0 amide bonds. The van der Waals surface area contributed by atoms with E-state index in [1.54, 1.807) is 0 Å². The van der Waals surface area contributed by atoms with E-state index in [9.17, 15) is 0 Å². The highest BCUT2D eigenvalue weighted by Crippen LogP contribution is 2.20. The molecule has 1 aromatic heterocycles. The number of aromatic amines is 1. The van der Waals surface area contributed by atoms with E-state index in [-0.39, 0.29) is 0 Å². The number of likely N-dealkylation sites (N-methyl/N-ethyl adjacent to an activating group) is 1. The van der Waals surface area contributed by atoms with Crippen LogP contribution in [0.25, 0.3) is 0 Å². The fourth-order valence-electron chi connectivity index (χ4n) is 2.28. The lowest BCUT2D eigenvalue weighted by molar-refractivity contribution is 0.313. The van der Waals surface area contributed by atoms with Crippen molar-refractivity contribution in [1.29, 1.82) is 0 Å². The minimum absolute atomic E-state index is 0.307. The monoisotopic (exact) mass is 273 g/mol. The molecule has 0 bridgehead atoms. The predicted molar refractivity (Wildman–Crippen MR) is 80.2 cm³/mol. The molecule has 1 aromatic carbocycles. The zero-order chi connectivity index (χ0) is 13.9. The number of aromatic nitrogens is 3. The zero-order valence-electron chi connectivity index (χ0n) is 11.5. The fourth-order valence-corrected chi connectivity index (χ4v) is 2.28. The first-order valence-corrected chi connectivity index (χ1v) is 6.69. The number of nitrogens with one attached hydrogen (secondary N) is 2. The molecule has 2 heterocycles. The van der Waals surface area contributed by atoms with E-state index in [1.165, 1.54) is 5.69 Å². The Balaban J connectivity index is 1.65. The van der Waals surface area contributed by atoms with Gasteiger partial charge in [-0.25, -0.2) is 5.10 Å². The van der Waals surface area contributed by atoms with Crippen molar-refractivity contribution in [3.8, 4) is 0 Å². The van der Waals surface area contributed by atoms with Crippen LogP contribution in [0.5, 0.6) is 0 Å². The smallest absolute Gasteiger partial charge is 0.248 e. The molecule has 0 unspecified atom stereocenters. The summed E-state index contributed by atoms with van der Waals surface area (Å²) < 4.78 is 0. The molecule has 1 fully saturated rings. The molecule has 0 spiro atoms. The van der Waals surface area contributed by atoms with Gasteiger partial charge in [0.15, 0.2) is 0 Å². The van der Waals surface area contributed by atoms with Gasteiger partial charge in [0.25, 0.3) is 0 Å². The van der Waals surface area contributed by atoms with Crippen LogP contribution in [0.15, 0.2) is 24.3 Å². The first kappa shape index (κ1) is 12.7. The molecule has 1 aliphatic rings. The van der Waals surface area contributed by atoms with Gasteiger partial charge in [-0.1, -0.05) is 0 Å². The van der Waals surface area contributed by atoms with Crippen LogP contribution in [0, 0.1) is 0 Å². The summed E-state index contributed by atoms with van der Waals surface area (Å²) in [6, 6.07) is 8.29. The molecular weight excluding hydrogens is 254 g/mol. The molecule has 0 aliphatic carbocycles. The first-order chi connectivity index (χ1) is 9.70. The van der Waals surface area contributed by atoms with Crippen molar-refractivity contribution in [2.45, 2.75) is 0 Å². The molecule has 7 nitrogen and oxygen atoms in total. The van der Waals surface area contributed by atoms with Crippen molar-refractivity contribution in [3.63, 3.8) is 0 Å². The van der Waals surface area contributed by atoms with Gasteiger partial charge in [-0.2, -0.15) is 4.98 Å². The van der Waals surface area contributed by atoms with Gasteiger partial charge in [0.2, 0.25) is 11.9 Å². The van der Waals surface area contributed by atoms with Crippen molar-refractivity contribution >= 4 is 23.3 Å². The molecule has 3 rings (SSSR count). The van der Waals surface area contributed by atoms with Gasteiger partial charge in [-0.15, -0.1) is 5.10 Å². The summed E-state index contributed by atoms with van der Waals surface area (Å²) in [5.74, 6) is 0.788. The summed E-state index contributed by atoms with van der Waals surface area (Å²) in [4.78, 5) is 8.76. The van der Waals surface area contributed by atoms with Gasteiger partial charge in [-0.3, -0.25) is 0 Å². The van der Waals surface area contributed by atoms with E-state index in [2.05, 4.69) is 49.5 Å². The Morgan fingerprint density at radius 2 is 1.85 bits per heavy atom. The maximum Gasteiger partial charge on any atom is 0.248 e. The molecule has 1 saturated heterocycles. The minimum atomic E-state index is 0.307. The van der Waals surface area contributed by atoms with E-state index in [1.807, 2.05) is 12.1 Å². The largest absolute Gasteiger partial charge is 0.369 e. The quantitative estimate of drug-likeness (QED) is 0.770. The van der Waals surface area contributed by atoms with E-state index in [0.29, 0.717) is 11.9 Å². The van der Waals surface area contributed by atoms with Gasteiger partial charge in [-0.05, 0) is 31.3 Å². The van der Waals surface area contributed by atoms with Gasteiger partial charge < -0.3 is 20.9 Å². The van der Waals surface area contributed by atoms with Crippen LogP contribution >= 0.6 is 0 Å². The molecule has 4 N–H and O–H groups in total. The van der Waals surface area contributed by atoms with E-state index >= 15 is 0 Å². The fraction of sp³-hybridized carbons (Fsp3) is 0.385. The molecule has 0 atom stereocenters. The third-order valence-corrected chi connectivity index (χ3v) is 3.49. The van der Waals surface area contributed by atoms with Crippen LogP contribution in [0.2, 0.25) is 0 Å². The molecule has 20 heavy (non-hydrogen) atoms. The molecule has 7 heteroatoms. The highest BCUT2D eigenvalue weighted by molar-refractivity contribution is 5.59. The number of H-pyrrole nitrogens is 1.